The zero-order valence-corrected chi connectivity index (χ0v) is 10.6. The van der Waals surface area contributed by atoms with Crippen LogP contribution in [0.15, 0.2) is 8.26 Å². The van der Waals surface area contributed by atoms with Gasteiger partial charge in [0, 0.05) is 7.11 Å². The summed E-state index contributed by atoms with van der Waals surface area (Å²) >= 11 is 7.36. The Labute approximate surface area is 96.0 Å². The van der Waals surface area contributed by atoms with Crippen LogP contribution in [0.3, 0.4) is 0 Å². The van der Waals surface area contributed by atoms with Gasteiger partial charge in [0.05, 0.1) is 8.26 Å². The molecule has 0 saturated carbocycles. The van der Waals surface area contributed by atoms with E-state index in [0.29, 0.717) is 8.26 Å². The summed E-state index contributed by atoms with van der Waals surface area (Å²) in [5.41, 5.74) is 0. The normalized spacial score (nSPS) is 10.4. The van der Waals surface area contributed by atoms with Crippen molar-refractivity contribution in [3.05, 3.63) is 13.1 Å². The molecular weight excluding hydrogens is 324 g/mol. The fourth-order valence-electron chi connectivity index (χ4n) is 0.750. The molecule has 3 nitrogen and oxygen atoms in total. The molecule has 0 aliphatic rings. The fourth-order valence-corrected chi connectivity index (χ4v) is 2.72. The molecule has 0 unspecified atom stereocenters. The van der Waals surface area contributed by atoms with E-state index in [4.69, 9.17) is 0 Å². The predicted octanol–water partition coefficient (Wildman–Crippen LogP) is 3.25. The number of rotatable bonds is 3. The largest absolute Gasteiger partial charge is 0.376 e. The molecule has 1 aromatic heterocycles. The lowest BCUT2D eigenvalue weighted by Crippen LogP contribution is -2.04. The zero-order valence-electron chi connectivity index (χ0n) is 6.60. The minimum atomic E-state index is -0.288. The van der Waals surface area contributed by atoms with Gasteiger partial charge in [0.1, 0.15) is 11.5 Å². The van der Waals surface area contributed by atoms with E-state index in [0.717, 1.165) is 11.3 Å². The molecule has 1 heterocycles. The lowest BCUT2D eigenvalue weighted by molar-refractivity contribution is 0.0848. The number of carbonyl (C=O) groups is 1. The van der Waals surface area contributed by atoms with E-state index in [9.17, 15) is 9.90 Å². The second kappa shape index (κ2) is 4.54. The molecule has 0 aromatic carbocycles. The Morgan fingerprint density at radius 1 is 1.54 bits per heavy atom. The highest BCUT2D eigenvalue weighted by Gasteiger charge is 2.21. The monoisotopic (exact) mass is 327 g/mol. The maximum atomic E-state index is 11.4. The summed E-state index contributed by atoms with van der Waals surface area (Å²) < 4.78 is 5.69. The van der Waals surface area contributed by atoms with E-state index in [1.165, 1.54) is 7.11 Å². The Bertz CT molecular complexity index is 335. The molecular formula is C7H5Br2O3S. The first-order valence-corrected chi connectivity index (χ1v) is 5.65. The topological polar surface area (TPSA) is 46.2 Å². The number of methoxy groups -OCH3 is 1. The molecule has 1 rings (SSSR count). The third-order valence-electron chi connectivity index (χ3n) is 1.30. The summed E-state index contributed by atoms with van der Waals surface area (Å²) in [5, 5.41) is 11.4. The molecule has 0 aliphatic heterocycles. The number of Topliss-reactive ketones (excluding diaryl/α,β-unsaturated/α-hetero) is 1. The molecule has 0 N–H and O–H groups in total. The summed E-state index contributed by atoms with van der Waals surface area (Å²) in [4.78, 5) is 11.5. The smallest absolute Gasteiger partial charge is 0.215 e. The number of ketones is 1. The van der Waals surface area contributed by atoms with Crippen molar-refractivity contribution in [2.24, 2.45) is 0 Å². The third-order valence-corrected chi connectivity index (χ3v) is 4.73. The van der Waals surface area contributed by atoms with Crippen LogP contribution in [-0.4, -0.2) is 19.5 Å². The maximum absolute atomic E-state index is 11.4. The Morgan fingerprint density at radius 2 is 2.15 bits per heavy atom. The summed E-state index contributed by atoms with van der Waals surface area (Å²) in [7, 11) is 1.42. The van der Waals surface area contributed by atoms with Gasteiger partial charge in [0.25, 0.3) is 0 Å². The lowest BCUT2D eigenvalue weighted by Gasteiger charge is -1.94. The first-order valence-electron chi connectivity index (χ1n) is 3.24. The van der Waals surface area contributed by atoms with Gasteiger partial charge in [-0.25, -0.2) is 0 Å². The number of hydrogen-bond acceptors (Lipinski definition) is 3. The first kappa shape index (κ1) is 11.2. The summed E-state index contributed by atoms with van der Waals surface area (Å²) in [6.07, 6.45) is 0. The van der Waals surface area contributed by atoms with Gasteiger partial charge in [-0.15, -0.1) is 11.3 Å². The molecule has 1 radical (unpaired) electrons. The van der Waals surface area contributed by atoms with Crippen molar-refractivity contribution in [2.45, 2.75) is 0 Å². The average Bonchev–Trinajstić information content (AvgIpc) is 2.33. The van der Waals surface area contributed by atoms with Crippen molar-refractivity contribution >= 4 is 49.0 Å². The number of thiophene rings is 1. The highest BCUT2D eigenvalue weighted by atomic mass is 79.9. The van der Waals surface area contributed by atoms with Gasteiger partial charge in [0.15, 0.2) is 0 Å². The van der Waals surface area contributed by atoms with Gasteiger partial charge in [0.2, 0.25) is 11.5 Å². The van der Waals surface area contributed by atoms with Crippen LogP contribution in [0.2, 0.25) is 0 Å². The summed E-state index contributed by atoms with van der Waals surface area (Å²) in [6.45, 7) is -0.0609. The van der Waals surface area contributed by atoms with Crippen molar-refractivity contribution in [1.29, 1.82) is 0 Å². The van der Waals surface area contributed by atoms with Crippen LogP contribution >= 0.6 is 43.2 Å². The maximum Gasteiger partial charge on any atom is 0.215 e. The van der Waals surface area contributed by atoms with Crippen LogP contribution < -0.4 is 0 Å². The zero-order chi connectivity index (χ0) is 10.0. The van der Waals surface area contributed by atoms with Crippen LogP contribution in [0.25, 0.3) is 0 Å². The average molecular weight is 329 g/mol. The fraction of sp³-hybridized carbons (Fsp3) is 0.286. The van der Waals surface area contributed by atoms with E-state index >= 15 is 0 Å². The standard InChI is InChI=1S/C7H5Br2O3S/c1-12-2-3(10)6-5(11)4(8)7(9)13-6/h2H2,1H3. The number of hydrogen-bond donors (Lipinski definition) is 0. The molecule has 0 spiro atoms. The van der Waals surface area contributed by atoms with Crippen LogP contribution in [0.5, 0.6) is 5.75 Å². The van der Waals surface area contributed by atoms with E-state index in [1.54, 1.807) is 0 Å². The molecule has 0 amide bonds. The highest BCUT2D eigenvalue weighted by Crippen LogP contribution is 2.42. The van der Waals surface area contributed by atoms with Gasteiger partial charge in [-0.05, 0) is 31.9 Å². The Balaban J connectivity index is 3.01. The molecule has 0 saturated heterocycles. The van der Waals surface area contributed by atoms with Crippen molar-refractivity contribution in [3.8, 4) is 5.75 Å². The van der Waals surface area contributed by atoms with Gasteiger partial charge < -0.3 is 4.74 Å². The summed E-state index contributed by atoms with van der Waals surface area (Å²) in [5.74, 6) is -0.567. The Kier molecular flexibility index (Phi) is 3.90. The van der Waals surface area contributed by atoms with Gasteiger partial charge in [-0.1, -0.05) is 0 Å². The predicted molar refractivity (Wildman–Crippen MR) is 56.1 cm³/mol. The van der Waals surface area contributed by atoms with Crippen molar-refractivity contribution in [2.75, 3.05) is 13.7 Å². The number of ether oxygens (including phenoxy) is 1. The van der Waals surface area contributed by atoms with Crippen LogP contribution in [0.4, 0.5) is 0 Å². The number of carbonyl (C=O) groups excluding carboxylic acids is 1. The van der Waals surface area contributed by atoms with Crippen molar-refractivity contribution in [3.63, 3.8) is 0 Å². The molecule has 71 valence electrons. The second-order valence-corrected chi connectivity index (χ2v) is 5.34. The summed E-state index contributed by atoms with van der Waals surface area (Å²) in [6, 6.07) is 0. The van der Waals surface area contributed by atoms with Crippen LogP contribution in [0, 0.1) is 0 Å². The SMILES string of the molecule is COCC(=O)c1sc(Br)c(Br)c1[O]. The molecule has 0 atom stereocenters. The first-order chi connectivity index (χ1) is 6.07. The van der Waals surface area contributed by atoms with E-state index in [2.05, 4.69) is 36.6 Å². The molecule has 0 aliphatic carbocycles. The van der Waals surface area contributed by atoms with Crippen LogP contribution in [0.1, 0.15) is 9.67 Å². The quantitative estimate of drug-likeness (QED) is 0.799. The third kappa shape index (κ3) is 2.31. The number of halogens is 2. The van der Waals surface area contributed by atoms with Crippen molar-refractivity contribution in [1.82, 2.24) is 0 Å². The van der Waals surface area contributed by atoms with Crippen LogP contribution in [-0.2, 0) is 9.84 Å². The molecule has 0 bridgehead atoms. The Hall–Kier alpha value is 0.0900. The van der Waals surface area contributed by atoms with E-state index in [1.807, 2.05) is 0 Å². The van der Waals surface area contributed by atoms with Gasteiger partial charge >= 0.3 is 0 Å². The van der Waals surface area contributed by atoms with Gasteiger partial charge in [-0.3, -0.25) is 9.90 Å². The second-order valence-electron chi connectivity index (χ2n) is 2.20. The van der Waals surface area contributed by atoms with E-state index in [-0.39, 0.29) is 23.0 Å². The molecule has 0 fully saturated rings. The minimum Gasteiger partial charge on any atom is -0.376 e. The molecule has 6 heteroatoms. The molecule has 13 heavy (non-hydrogen) atoms. The lowest BCUT2D eigenvalue weighted by atomic mass is 10.3. The van der Waals surface area contributed by atoms with Crippen molar-refractivity contribution < 1.29 is 14.6 Å². The highest BCUT2D eigenvalue weighted by molar-refractivity contribution is 9.13. The minimum absolute atomic E-state index is 0.0609. The van der Waals surface area contributed by atoms with Gasteiger partial charge in [-0.2, -0.15) is 0 Å². The van der Waals surface area contributed by atoms with E-state index < -0.39 is 0 Å². The Morgan fingerprint density at radius 3 is 2.54 bits per heavy atom. The molecule has 1 aromatic rings.